The van der Waals surface area contributed by atoms with E-state index < -0.39 is 27.9 Å². The third-order valence-electron chi connectivity index (χ3n) is 1.19. The first-order chi connectivity index (χ1) is 5.46. The Morgan fingerprint density at radius 1 is 1.17 bits per heavy atom. The van der Waals surface area contributed by atoms with Gasteiger partial charge < -0.3 is 5.73 Å². The molecule has 5 nitrogen and oxygen atoms in total. The van der Waals surface area contributed by atoms with Crippen LogP contribution >= 0.6 is 23.2 Å². The minimum atomic E-state index is -1.20. The smallest absolute Gasteiger partial charge is 0.329 e. The molecule has 1 aliphatic rings. The lowest BCUT2D eigenvalue weighted by Crippen LogP contribution is -2.40. The van der Waals surface area contributed by atoms with Gasteiger partial charge in [-0.2, -0.15) is 4.90 Å². The Bertz CT molecular complexity index is 299. The molecule has 1 aliphatic heterocycles. The summed E-state index contributed by atoms with van der Waals surface area (Å²) in [6.07, 6.45) is 0. The van der Waals surface area contributed by atoms with E-state index in [0.29, 0.717) is 0 Å². The third-order valence-corrected chi connectivity index (χ3v) is 1.99. The predicted octanol–water partition coefficient (Wildman–Crippen LogP) is 0.123. The zero-order chi connectivity index (χ0) is 9.46. The van der Waals surface area contributed by atoms with E-state index >= 15 is 0 Å². The SMILES string of the molecule is NC(=O)N1C(=O)C(Cl)=C(Cl)C1=O. The van der Waals surface area contributed by atoms with Gasteiger partial charge in [0.2, 0.25) is 0 Å². The first kappa shape index (κ1) is 9.02. The Morgan fingerprint density at radius 3 is 1.67 bits per heavy atom. The summed E-state index contributed by atoms with van der Waals surface area (Å²) in [5, 5.41) is -0.971. The van der Waals surface area contributed by atoms with Crippen molar-refractivity contribution in [2.45, 2.75) is 0 Å². The zero-order valence-corrected chi connectivity index (χ0v) is 7.02. The van der Waals surface area contributed by atoms with Crippen LogP contribution in [0.3, 0.4) is 0 Å². The molecule has 12 heavy (non-hydrogen) atoms. The molecule has 0 spiro atoms. The lowest BCUT2D eigenvalue weighted by atomic mass is 10.5. The topological polar surface area (TPSA) is 80.5 Å². The summed E-state index contributed by atoms with van der Waals surface area (Å²) < 4.78 is 0. The maximum Gasteiger partial charge on any atom is 0.329 e. The number of primary amides is 1. The molecule has 0 aromatic carbocycles. The van der Waals surface area contributed by atoms with Crippen LogP contribution in [0, 0.1) is 0 Å². The van der Waals surface area contributed by atoms with Gasteiger partial charge in [0.25, 0.3) is 11.8 Å². The van der Waals surface area contributed by atoms with Crippen molar-refractivity contribution < 1.29 is 14.4 Å². The monoisotopic (exact) mass is 208 g/mol. The average molecular weight is 209 g/mol. The van der Waals surface area contributed by atoms with Crippen LogP contribution in [0.15, 0.2) is 10.1 Å². The second kappa shape index (κ2) is 2.76. The fourth-order valence-corrected chi connectivity index (χ4v) is 1.01. The van der Waals surface area contributed by atoms with Gasteiger partial charge in [-0.05, 0) is 0 Å². The number of halogens is 2. The van der Waals surface area contributed by atoms with Crippen molar-refractivity contribution in [3.05, 3.63) is 10.1 Å². The molecule has 0 fully saturated rings. The number of carbonyl (C=O) groups is 3. The highest BCUT2D eigenvalue weighted by atomic mass is 35.5. The third kappa shape index (κ3) is 1.07. The first-order valence-electron chi connectivity index (χ1n) is 2.70. The molecular weight excluding hydrogens is 207 g/mol. The fourth-order valence-electron chi connectivity index (χ4n) is 0.676. The van der Waals surface area contributed by atoms with Crippen LogP contribution in [0.1, 0.15) is 0 Å². The summed E-state index contributed by atoms with van der Waals surface area (Å²) in [5.41, 5.74) is 4.70. The lowest BCUT2D eigenvalue weighted by Gasteiger charge is -2.06. The van der Waals surface area contributed by atoms with E-state index in [1.165, 1.54) is 0 Å². The van der Waals surface area contributed by atoms with Crippen LogP contribution in [0.4, 0.5) is 4.79 Å². The van der Waals surface area contributed by atoms with Crippen molar-refractivity contribution in [1.82, 2.24) is 4.90 Å². The van der Waals surface area contributed by atoms with Crippen LogP contribution in [-0.2, 0) is 9.59 Å². The van der Waals surface area contributed by atoms with Gasteiger partial charge in [0.15, 0.2) is 0 Å². The number of nitrogens with zero attached hydrogens (tertiary/aromatic N) is 1. The molecule has 0 bridgehead atoms. The highest BCUT2D eigenvalue weighted by Crippen LogP contribution is 2.25. The van der Waals surface area contributed by atoms with Gasteiger partial charge in [-0.25, -0.2) is 4.79 Å². The van der Waals surface area contributed by atoms with Gasteiger partial charge in [0.05, 0.1) is 0 Å². The van der Waals surface area contributed by atoms with E-state index in [1.54, 1.807) is 0 Å². The van der Waals surface area contributed by atoms with Crippen LogP contribution in [0.5, 0.6) is 0 Å². The molecule has 0 aromatic rings. The Labute approximate surface area is 76.7 Å². The predicted molar refractivity (Wildman–Crippen MR) is 40.2 cm³/mol. The number of imide groups is 3. The molecule has 0 atom stereocenters. The summed E-state index contributed by atoms with van der Waals surface area (Å²) in [7, 11) is 0. The van der Waals surface area contributed by atoms with Crippen molar-refractivity contribution in [3.63, 3.8) is 0 Å². The molecule has 0 saturated heterocycles. The van der Waals surface area contributed by atoms with Crippen molar-refractivity contribution >= 4 is 41.0 Å². The van der Waals surface area contributed by atoms with Crippen molar-refractivity contribution in [2.75, 3.05) is 0 Å². The number of urea groups is 1. The van der Waals surface area contributed by atoms with Gasteiger partial charge in [-0.3, -0.25) is 9.59 Å². The van der Waals surface area contributed by atoms with Gasteiger partial charge >= 0.3 is 6.03 Å². The minimum Gasteiger partial charge on any atom is -0.351 e. The van der Waals surface area contributed by atoms with Gasteiger partial charge in [0, 0.05) is 0 Å². The minimum absolute atomic E-state index is 0.171. The highest BCUT2D eigenvalue weighted by molar-refractivity contribution is 6.59. The number of carbonyl (C=O) groups excluding carboxylic acids is 3. The molecule has 1 rings (SSSR count). The molecule has 2 N–H and O–H groups in total. The molecule has 0 radical (unpaired) electrons. The Morgan fingerprint density at radius 2 is 1.50 bits per heavy atom. The van der Waals surface area contributed by atoms with E-state index in [4.69, 9.17) is 28.9 Å². The molecule has 0 unspecified atom stereocenters. The number of rotatable bonds is 0. The second-order valence-corrected chi connectivity index (χ2v) is 2.67. The molecule has 64 valence electrons. The zero-order valence-electron chi connectivity index (χ0n) is 5.51. The Hall–Kier alpha value is -1.07. The molecule has 0 aromatic heterocycles. The number of hydrogen-bond donors (Lipinski definition) is 1. The maximum atomic E-state index is 10.9. The fraction of sp³-hybridized carbons (Fsp3) is 0. The summed E-state index contributed by atoms with van der Waals surface area (Å²) in [6, 6.07) is -1.20. The van der Waals surface area contributed by atoms with Crippen LogP contribution in [0.25, 0.3) is 0 Å². The molecule has 0 aliphatic carbocycles. The van der Waals surface area contributed by atoms with E-state index in [9.17, 15) is 14.4 Å². The quantitative estimate of drug-likeness (QED) is 0.575. The largest absolute Gasteiger partial charge is 0.351 e. The number of nitrogens with two attached hydrogens (primary N) is 1. The van der Waals surface area contributed by atoms with Gasteiger partial charge in [-0.1, -0.05) is 23.2 Å². The molecule has 4 amide bonds. The number of amides is 4. The van der Waals surface area contributed by atoms with Crippen LogP contribution < -0.4 is 5.73 Å². The number of hydrogen-bond acceptors (Lipinski definition) is 3. The molecular formula is C5H2Cl2N2O3. The Kier molecular flexibility index (Phi) is 2.08. The van der Waals surface area contributed by atoms with E-state index in [1.807, 2.05) is 0 Å². The highest BCUT2D eigenvalue weighted by Gasteiger charge is 2.39. The summed E-state index contributed by atoms with van der Waals surface area (Å²) in [6.45, 7) is 0. The van der Waals surface area contributed by atoms with Gasteiger partial charge in [-0.15, -0.1) is 0 Å². The summed E-state index contributed by atoms with van der Waals surface area (Å²) in [4.78, 5) is 32.4. The van der Waals surface area contributed by atoms with Crippen molar-refractivity contribution in [3.8, 4) is 0 Å². The normalized spacial score (nSPS) is 17.7. The second-order valence-electron chi connectivity index (χ2n) is 1.91. The van der Waals surface area contributed by atoms with E-state index in [0.717, 1.165) is 0 Å². The molecule has 7 heteroatoms. The van der Waals surface area contributed by atoms with Crippen molar-refractivity contribution in [2.24, 2.45) is 5.73 Å². The van der Waals surface area contributed by atoms with Gasteiger partial charge in [0.1, 0.15) is 10.1 Å². The summed E-state index contributed by atoms with van der Waals surface area (Å²) in [5.74, 6) is -1.97. The summed E-state index contributed by atoms with van der Waals surface area (Å²) >= 11 is 10.5. The maximum absolute atomic E-state index is 10.9. The molecule has 0 saturated carbocycles. The Balaban J connectivity index is 3.12. The first-order valence-corrected chi connectivity index (χ1v) is 3.46. The molecule has 1 heterocycles. The van der Waals surface area contributed by atoms with E-state index in [2.05, 4.69) is 0 Å². The van der Waals surface area contributed by atoms with Crippen molar-refractivity contribution in [1.29, 1.82) is 0 Å². The van der Waals surface area contributed by atoms with E-state index in [-0.39, 0.29) is 4.90 Å². The van der Waals surface area contributed by atoms with Crippen LogP contribution in [0.2, 0.25) is 0 Å². The lowest BCUT2D eigenvalue weighted by molar-refractivity contribution is -0.133. The van der Waals surface area contributed by atoms with Crippen LogP contribution in [-0.4, -0.2) is 22.7 Å². The average Bonchev–Trinajstić information content (AvgIpc) is 2.16. The standard InChI is InChI=1S/C5H2Cl2N2O3/c6-1-2(7)4(11)9(3(1)10)5(8)12/h(H2,8,12).